The molecule has 0 aliphatic rings. The lowest BCUT2D eigenvalue weighted by molar-refractivity contribution is -0.145. The van der Waals surface area contributed by atoms with Crippen molar-refractivity contribution >= 4 is 11.9 Å². The molecule has 0 spiro atoms. The maximum absolute atomic E-state index is 12.3. The Balaban J connectivity index is 2.90. The monoisotopic (exact) mass is 291 g/mol. The summed E-state index contributed by atoms with van der Waals surface area (Å²) in [4.78, 5) is 23.9. The SMILES string of the molecule is CCCC(C)(C)NC(=O)CC(C)(C(=O)O)c1ccccc1. The summed E-state index contributed by atoms with van der Waals surface area (Å²) in [6, 6.07) is 8.90. The van der Waals surface area contributed by atoms with Crippen LogP contribution >= 0.6 is 0 Å². The van der Waals surface area contributed by atoms with Crippen LogP contribution in [-0.4, -0.2) is 22.5 Å². The summed E-state index contributed by atoms with van der Waals surface area (Å²) in [6.07, 6.45) is 1.75. The first-order valence-electron chi connectivity index (χ1n) is 7.31. The van der Waals surface area contributed by atoms with Crippen LogP contribution in [0.2, 0.25) is 0 Å². The average molecular weight is 291 g/mol. The molecule has 1 atom stereocenters. The van der Waals surface area contributed by atoms with Crippen LogP contribution in [0.25, 0.3) is 0 Å². The van der Waals surface area contributed by atoms with E-state index in [0.717, 1.165) is 12.8 Å². The molecule has 0 aliphatic heterocycles. The van der Waals surface area contributed by atoms with E-state index in [4.69, 9.17) is 0 Å². The number of carboxylic acids is 1. The highest BCUT2D eigenvalue weighted by molar-refractivity contribution is 5.89. The van der Waals surface area contributed by atoms with E-state index < -0.39 is 11.4 Å². The van der Waals surface area contributed by atoms with E-state index in [0.29, 0.717) is 5.56 Å². The lowest BCUT2D eigenvalue weighted by Crippen LogP contribution is -2.47. The summed E-state index contributed by atoms with van der Waals surface area (Å²) in [6.45, 7) is 7.56. The van der Waals surface area contributed by atoms with Crippen molar-refractivity contribution in [3.63, 3.8) is 0 Å². The fourth-order valence-corrected chi connectivity index (χ4v) is 2.54. The number of carbonyl (C=O) groups excluding carboxylic acids is 1. The Kier molecular flexibility index (Phi) is 5.53. The molecule has 2 N–H and O–H groups in total. The lowest BCUT2D eigenvalue weighted by atomic mass is 9.79. The summed E-state index contributed by atoms with van der Waals surface area (Å²) in [7, 11) is 0. The second-order valence-electron chi connectivity index (χ2n) is 6.36. The summed E-state index contributed by atoms with van der Waals surface area (Å²) >= 11 is 0. The molecule has 0 aliphatic carbocycles. The van der Waals surface area contributed by atoms with Gasteiger partial charge in [-0.1, -0.05) is 43.7 Å². The van der Waals surface area contributed by atoms with E-state index in [9.17, 15) is 14.7 Å². The van der Waals surface area contributed by atoms with Crippen LogP contribution in [0.5, 0.6) is 0 Å². The molecule has 1 aromatic carbocycles. The zero-order valence-electron chi connectivity index (χ0n) is 13.3. The number of aliphatic carboxylic acids is 1. The summed E-state index contributed by atoms with van der Waals surface area (Å²) in [5.41, 5.74) is -0.892. The number of rotatable bonds is 7. The van der Waals surface area contributed by atoms with Crippen molar-refractivity contribution in [3.05, 3.63) is 35.9 Å². The molecule has 4 heteroatoms. The molecule has 1 aromatic rings. The summed E-state index contributed by atoms with van der Waals surface area (Å²) in [5.74, 6) is -1.22. The van der Waals surface area contributed by atoms with E-state index in [1.54, 1.807) is 31.2 Å². The quantitative estimate of drug-likeness (QED) is 0.811. The Morgan fingerprint density at radius 2 is 1.71 bits per heavy atom. The molecule has 0 fully saturated rings. The smallest absolute Gasteiger partial charge is 0.314 e. The van der Waals surface area contributed by atoms with Crippen molar-refractivity contribution in [1.82, 2.24) is 5.32 Å². The molecule has 21 heavy (non-hydrogen) atoms. The van der Waals surface area contributed by atoms with Gasteiger partial charge in [0.1, 0.15) is 0 Å². The first kappa shape index (κ1) is 17.2. The molecule has 0 saturated carbocycles. The van der Waals surface area contributed by atoms with E-state index in [1.165, 1.54) is 0 Å². The molecule has 0 aromatic heterocycles. The molecule has 0 saturated heterocycles. The zero-order chi connectivity index (χ0) is 16.1. The standard InChI is InChI=1S/C17H25NO3/c1-5-11-16(2,3)18-14(19)12-17(4,15(20)21)13-9-7-6-8-10-13/h6-10H,5,11-12H2,1-4H3,(H,18,19)(H,20,21). The maximum Gasteiger partial charge on any atom is 0.314 e. The lowest BCUT2D eigenvalue weighted by Gasteiger charge is -2.30. The highest BCUT2D eigenvalue weighted by Crippen LogP contribution is 2.28. The van der Waals surface area contributed by atoms with Gasteiger partial charge in [0.05, 0.1) is 5.41 Å². The zero-order valence-corrected chi connectivity index (χ0v) is 13.3. The van der Waals surface area contributed by atoms with E-state index in [-0.39, 0.29) is 17.9 Å². The Morgan fingerprint density at radius 1 is 1.14 bits per heavy atom. The van der Waals surface area contributed by atoms with Gasteiger partial charge >= 0.3 is 5.97 Å². The molecule has 0 bridgehead atoms. The minimum absolute atomic E-state index is 0.0699. The molecule has 116 valence electrons. The molecule has 4 nitrogen and oxygen atoms in total. The van der Waals surface area contributed by atoms with Gasteiger partial charge in [-0.15, -0.1) is 0 Å². The highest BCUT2D eigenvalue weighted by Gasteiger charge is 2.38. The predicted molar refractivity (Wildman–Crippen MR) is 83.2 cm³/mol. The van der Waals surface area contributed by atoms with Gasteiger partial charge in [-0.05, 0) is 32.8 Å². The number of nitrogens with one attached hydrogen (secondary N) is 1. The molecule has 1 rings (SSSR count). The van der Waals surface area contributed by atoms with Gasteiger partial charge in [0, 0.05) is 12.0 Å². The van der Waals surface area contributed by atoms with Crippen LogP contribution in [0.15, 0.2) is 30.3 Å². The van der Waals surface area contributed by atoms with E-state index in [1.807, 2.05) is 19.9 Å². The van der Waals surface area contributed by atoms with E-state index in [2.05, 4.69) is 12.2 Å². The predicted octanol–water partition coefficient (Wildman–Crippen LogP) is 3.11. The van der Waals surface area contributed by atoms with Crippen molar-refractivity contribution in [2.24, 2.45) is 0 Å². The summed E-state index contributed by atoms with van der Waals surface area (Å²) in [5, 5.41) is 12.5. The molecular weight excluding hydrogens is 266 g/mol. The second-order valence-corrected chi connectivity index (χ2v) is 6.36. The third-order valence-electron chi connectivity index (χ3n) is 3.75. The van der Waals surface area contributed by atoms with Crippen molar-refractivity contribution in [1.29, 1.82) is 0 Å². The summed E-state index contributed by atoms with van der Waals surface area (Å²) < 4.78 is 0. The Labute approximate surface area is 126 Å². The van der Waals surface area contributed by atoms with Crippen molar-refractivity contribution in [2.45, 2.75) is 57.9 Å². The molecule has 0 radical (unpaired) electrons. The maximum atomic E-state index is 12.3. The number of amides is 1. The van der Waals surface area contributed by atoms with Crippen LogP contribution in [0.1, 0.15) is 52.5 Å². The van der Waals surface area contributed by atoms with Gasteiger partial charge < -0.3 is 10.4 Å². The van der Waals surface area contributed by atoms with Crippen molar-refractivity contribution in [3.8, 4) is 0 Å². The second kappa shape index (κ2) is 6.74. The Hall–Kier alpha value is -1.84. The number of hydrogen-bond acceptors (Lipinski definition) is 2. The molecule has 0 heterocycles. The van der Waals surface area contributed by atoms with Gasteiger partial charge in [-0.3, -0.25) is 9.59 Å². The van der Waals surface area contributed by atoms with Gasteiger partial charge in [0.25, 0.3) is 0 Å². The van der Waals surface area contributed by atoms with Crippen LogP contribution in [-0.2, 0) is 15.0 Å². The molecule has 1 amide bonds. The van der Waals surface area contributed by atoms with Gasteiger partial charge in [0.15, 0.2) is 0 Å². The van der Waals surface area contributed by atoms with Crippen LogP contribution in [0, 0.1) is 0 Å². The fraction of sp³-hybridized carbons (Fsp3) is 0.529. The first-order chi connectivity index (χ1) is 9.71. The van der Waals surface area contributed by atoms with Gasteiger partial charge in [-0.25, -0.2) is 0 Å². The fourth-order valence-electron chi connectivity index (χ4n) is 2.54. The number of carbonyl (C=O) groups is 2. The average Bonchev–Trinajstić information content (AvgIpc) is 2.38. The third-order valence-corrected chi connectivity index (χ3v) is 3.75. The molecule has 1 unspecified atom stereocenters. The van der Waals surface area contributed by atoms with E-state index >= 15 is 0 Å². The van der Waals surface area contributed by atoms with Crippen LogP contribution < -0.4 is 5.32 Å². The number of carboxylic acid groups (broad SMARTS) is 1. The Bertz CT molecular complexity index is 496. The van der Waals surface area contributed by atoms with Crippen molar-refractivity contribution in [2.75, 3.05) is 0 Å². The topological polar surface area (TPSA) is 66.4 Å². The third kappa shape index (κ3) is 4.59. The first-order valence-corrected chi connectivity index (χ1v) is 7.31. The van der Waals surface area contributed by atoms with Crippen LogP contribution in [0.3, 0.4) is 0 Å². The van der Waals surface area contributed by atoms with Crippen LogP contribution in [0.4, 0.5) is 0 Å². The Morgan fingerprint density at radius 3 is 2.19 bits per heavy atom. The molecular formula is C17H25NO3. The van der Waals surface area contributed by atoms with Crippen molar-refractivity contribution < 1.29 is 14.7 Å². The number of hydrogen-bond donors (Lipinski definition) is 2. The highest BCUT2D eigenvalue weighted by atomic mass is 16.4. The minimum atomic E-state index is -1.21. The van der Waals surface area contributed by atoms with Gasteiger partial charge in [0.2, 0.25) is 5.91 Å². The number of benzene rings is 1. The minimum Gasteiger partial charge on any atom is -0.481 e. The largest absolute Gasteiger partial charge is 0.481 e. The normalized spacial score (nSPS) is 14.3. The van der Waals surface area contributed by atoms with Gasteiger partial charge in [-0.2, -0.15) is 0 Å².